The molecule has 1 aliphatic heterocycles. The molecule has 3 atom stereocenters. The van der Waals surface area contributed by atoms with Gasteiger partial charge in [-0.3, -0.25) is 9.69 Å². The summed E-state index contributed by atoms with van der Waals surface area (Å²) in [6.45, 7) is 8.70. The molecule has 1 heterocycles. The Kier molecular flexibility index (Phi) is 13.7. The SMILES string of the molecule is CCOC1CC(COC)N(Cc2ccc(C(=O)NC(CCS(C)(=O)=O)C(=O)O)c(-c3ccccc3C)c2)C1.Cc1ccccc1. The molecule has 10 heteroatoms. The van der Waals surface area contributed by atoms with Crippen LogP contribution in [-0.4, -0.2) is 87.4 Å². The summed E-state index contributed by atoms with van der Waals surface area (Å²) in [4.78, 5) is 27.4. The fourth-order valence-corrected chi connectivity index (χ4v) is 6.10. The maximum Gasteiger partial charge on any atom is 0.326 e. The van der Waals surface area contributed by atoms with Crippen molar-refractivity contribution >= 4 is 21.7 Å². The normalized spacial score (nSPS) is 17.3. The lowest BCUT2D eigenvalue weighted by Crippen LogP contribution is -2.42. The van der Waals surface area contributed by atoms with Crippen LogP contribution in [-0.2, 0) is 30.7 Å². The van der Waals surface area contributed by atoms with E-state index in [9.17, 15) is 23.1 Å². The Labute approximate surface area is 267 Å². The number of aryl methyl sites for hydroxylation is 2. The Balaban J connectivity index is 0.000000693. The van der Waals surface area contributed by atoms with Gasteiger partial charge in [0.2, 0.25) is 0 Å². The van der Waals surface area contributed by atoms with Gasteiger partial charge in [0.1, 0.15) is 15.9 Å². The third-order valence-electron chi connectivity index (χ3n) is 7.72. The number of carbonyl (C=O) groups is 2. The highest BCUT2D eigenvalue weighted by Gasteiger charge is 2.32. The zero-order valence-electron chi connectivity index (χ0n) is 26.9. The number of likely N-dealkylation sites (tertiary alicyclic amines) is 1. The van der Waals surface area contributed by atoms with E-state index >= 15 is 0 Å². The molecule has 9 nitrogen and oxygen atoms in total. The van der Waals surface area contributed by atoms with Gasteiger partial charge in [-0.2, -0.15) is 0 Å². The first-order valence-electron chi connectivity index (χ1n) is 15.2. The van der Waals surface area contributed by atoms with Crippen LogP contribution in [0.4, 0.5) is 0 Å². The van der Waals surface area contributed by atoms with Crippen molar-refractivity contribution in [2.24, 2.45) is 0 Å². The number of nitrogens with zero attached hydrogens (tertiary/aromatic N) is 1. The molecular weight excluding hydrogens is 592 g/mol. The summed E-state index contributed by atoms with van der Waals surface area (Å²) in [5, 5.41) is 12.1. The largest absolute Gasteiger partial charge is 0.480 e. The number of ether oxygens (including phenoxy) is 2. The van der Waals surface area contributed by atoms with Crippen LogP contribution in [0.5, 0.6) is 0 Å². The number of nitrogens with one attached hydrogen (secondary N) is 1. The maximum atomic E-state index is 13.3. The second-order valence-corrected chi connectivity index (χ2v) is 13.7. The van der Waals surface area contributed by atoms with Gasteiger partial charge in [0, 0.05) is 44.7 Å². The van der Waals surface area contributed by atoms with Crippen molar-refractivity contribution in [2.75, 3.05) is 38.9 Å². The van der Waals surface area contributed by atoms with Crippen LogP contribution < -0.4 is 5.32 Å². The predicted molar refractivity (Wildman–Crippen MR) is 177 cm³/mol. The van der Waals surface area contributed by atoms with Crippen molar-refractivity contribution in [3.8, 4) is 11.1 Å². The van der Waals surface area contributed by atoms with Crippen LogP contribution in [0.3, 0.4) is 0 Å². The fourth-order valence-electron chi connectivity index (χ4n) is 5.43. The van der Waals surface area contributed by atoms with Crippen LogP contribution >= 0.6 is 0 Å². The Hall–Kier alpha value is -3.57. The van der Waals surface area contributed by atoms with E-state index in [2.05, 4.69) is 29.3 Å². The molecule has 0 radical (unpaired) electrons. The molecule has 244 valence electrons. The minimum atomic E-state index is -3.38. The number of methoxy groups -OCH3 is 1. The van der Waals surface area contributed by atoms with E-state index in [1.165, 1.54) is 5.56 Å². The first-order chi connectivity index (χ1) is 21.4. The number of amides is 1. The summed E-state index contributed by atoms with van der Waals surface area (Å²) in [6, 6.07) is 22.4. The molecule has 1 aliphatic rings. The van der Waals surface area contributed by atoms with Gasteiger partial charge in [-0.25, -0.2) is 13.2 Å². The van der Waals surface area contributed by atoms with Crippen LogP contribution in [0.2, 0.25) is 0 Å². The third-order valence-corrected chi connectivity index (χ3v) is 8.70. The minimum Gasteiger partial charge on any atom is -0.480 e. The zero-order chi connectivity index (χ0) is 33.0. The summed E-state index contributed by atoms with van der Waals surface area (Å²) in [7, 11) is -1.69. The van der Waals surface area contributed by atoms with Crippen molar-refractivity contribution < 1.29 is 32.6 Å². The Bertz CT molecular complexity index is 1510. The number of carbonyl (C=O) groups excluding carboxylic acids is 1. The highest BCUT2D eigenvalue weighted by Crippen LogP contribution is 2.30. The molecule has 3 aromatic carbocycles. The van der Waals surface area contributed by atoms with Crippen molar-refractivity contribution in [2.45, 2.75) is 58.3 Å². The van der Waals surface area contributed by atoms with Gasteiger partial charge < -0.3 is 19.9 Å². The smallest absolute Gasteiger partial charge is 0.326 e. The van der Waals surface area contributed by atoms with Crippen LogP contribution in [0.15, 0.2) is 72.8 Å². The second kappa shape index (κ2) is 17.2. The fraction of sp³-hybridized carbons (Fsp3) is 0.429. The van der Waals surface area contributed by atoms with E-state index < -0.39 is 27.8 Å². The maximum absolute atomic E-state index is 13.3. The minimum absolute atomic E-state index is 0.140. The number of aliphatic carboxylic acids is 1. The van der Waals surface area contributed by atoms with E-state index in [1.807, 2.05) is 68.4 Å². The van der Waals surface area contributed by atoms with E-state index in [4.69, 9.17) is 9.47 Å². The highest BCUT2D eigenvalue weighted by atomic mass is 32.2. The molecule has 1 amide bonds. The molecular formula is C35H46N2O7S. The third kappa shape index (κ3) is 11.4. The highest BCUT2D eigenvalue weighted by molar-refractivity contribution is 7.90. The van der Waals surface area contributed by atoms with Gasteiger partial charge in [0.15, 0.2) is 0 Å². The monoisotopic (exact) mass is 638 g/mol. The molecule has 3 aromatic rings. The predicted octanol–water partition coefficient (Wildman–Crippen LogP) is 4.90. The average molecular weight is 639 g/mol. The van der Waals surface area contributed by atoms with Gasteiger partial charge in [-0.15, -0.1) is 0 Å². The molecule has 0 bridgehead atoms. The Morgan fingerprint density at radius 3 is 2.29 bits per heavy atom. The molecule has 1 saturated heterocycles. The van der Waals surface area contributed by atoms with E-state index in [0.717, 1.165) is 35.9 Å². The van der Waals surface area contributed by atoms with Crippen molar-refractivity contribution in [1.29, 1.82) is 0 Å². The summed E-state index contributed by atoms with van der Waals surface area (Å²) < 4.78 is 34.4. The molecule has 0 aliphatic carbocycles. The summed E-state index contributed by atoms with van der Waals surface area (Å²) in [5.74, 6) is -2.18. The number of benzene rings is 3. The topological polar surface area (TPSA) is 122 Å². The number of sulfone groups is 1. The van der Waals surface area contributed by atoms with Crippen molar-refractivity contribution in [3.63, 3.8) is 0 Å². The van der Waals surface area contributed by atoms with Crippen LogP contribution in [0.25, 0.3) is 11.1 Å². The number of hydrogen-bond acceptors (Lipinski definition) is 7. The van der Waals surface area contributed by atoms with Crippen LogP contribution in [0, 0.1) is 13.8 Å². The second-order valence-electron chi connectivity index (χ2n) is 11.5. The Morgan fingerprint density at radius 1 is 1.02 bits per heavy atom. The first-order valence-corrected chi connectivity index (χ1v) is 17.2. The number of rotatable bonds is 13. The molecule has 0 saturated carbocycles. The number of carboxylic acids is 1. The average Bonchev–Trinajstić information content (AvgIpc) is 3.36. The number of hydrogen-bond donors (Lipinski definition) is 2. The lowest BCUT2D eigenvalue weighted by molar-refractivity contribution is -0.139. The first kappa shape index (κ1) is 35.9. The molecule has 3 unspecified atom stereocenters. The molecule has 0 spiro atoms. The summed E-state index contributed by atoms with van der Waals surface area (Å²) in [5.41, 5.74) is 5.18. The zero-order valence-corrected chi connectivity index (χ0v) is 27.7. The lowest BCUT2D eigenvalue weighted by Gasteiger charge is -2.24. The van der Waals surface area contributed by atoms with Crippen LogP contribution in [0.1, 0.15) is 46.8 Å². The quantitative estimate of drug-likeness (QED) is 0.271. The van der Waals surface area contributed by atoms with E-state index in [1.54, 1.807) is 13.2 Å². The Morgan fingerprint density at radius 2 is 1.71 bits per heavy atom. The summed E-state index contributed by atoms with van der Waals surface area (Å²) >= 11 is 0. The molecule has 0 aromatic heterocycles. The lowest BCUT2D eigenvalue weighted by atomic mass is 9.93. The van der Waals surface area contributed by atoms with Gasteiger partial charge in [0.05, 0.1) is 18.5 Å². The van der Waals surface area contributed by atoms with Gasteiger partial charge >= 0.3 is 5.97 Å². The van der Waals surface area contributed by atoms with Gasteiger partial charge in [-0.1, -0.05) is 66.2 Å². The van der Waals surface area contributed by atoms with Gasteiger partial charge in [0.25, 0.3) is 5.91 Å². The molecule has 2 N–H and O–H groups in total. The van der Waals surface area contributed by atoms with Crippen molar-refractivity contribution in [1.82, 2.24) is 10.2 Å². The molecule has 4 rings (SSSR count). The summed E-state index contributed by atoms with van der Waals surface area (Å²) in [6.07, 6.45) is 1.85. The van der Waals surface area contributed by atoms with Crippen molar-refractivity contribution in [3.05, 3.63) is 95.1 Å². The van der Waals surface area contributed by atoms with E-state index in [-0.39, 0.29) is 24.3 Å². The van der Waals surface area contributed by atoms with E-state index in [0.29, 0.717) is 30.9 Å². The van der Waals surface area contributed by atoms with Gasteiger partial charge in [-0.05, 0) is 68.0 Å². The number of carboxylic acid groups (broad SMARTS) is 1. The molecule has 1 fully saturated rings. The molecule has 45 heavy (non-hydrogen) atoms. The standard InChI is InChI=1S/C28H38N2O7S.C7H8/c1-5-37-22-15-21(18-36-3)30(17-22)16-20-10-11-24(25(14-20)23-9-7-6-8-19(23)2)27(31)29-26(28(32)33)12-13-38(4,34)35;1-7-5-3-2-4-6-7/h6-11,14,21-22,26H,5,12-13,15-18H2,1-4H3,(H,29,31)(H,32,33);2-6H,1H3.